The van der Waals surface area contributed by atoms with Gasteiger partial charge in [0.25, 0.3) is 0 Å². The molecule has 5 heteroatoms. The van der Waals surface area contributed by atoms with E-state index in [1.807, 2.05) is 45.0 Å². The Bertz CT molecular complexity index is 510. The van der Waals surface area contributed by atoms with Gasteiger partial charge in [0.1, 0.15) is 0 Å². The van der Waals surface area contributed by atoms with E-state index >= 15 is 0 Å². The molecule has 0 aromatic heterocycles. The van der Waals surface area contributed by atoms with Crippen LogP contribution in [-0.2, 0) is 6.54 Å². The van der Waals surface area contributed by atoms with Gasteiger partial charge in [-0.1, -0.05) is 23.7 Å². The lowest BCUT2D eigenvalue weighted by molar-refractivity contribution is 0.0347. The average Bonchev–Trinajstić information content (AvgIpc) is 2.40. The van der Waals surface area contributed by atoms with Gasteiger partial charge in [-0.3, -0.25) is 9.80 Å². The first-order valence-electron chi connectivity index (χ1n) is 7.76. The molecule has 0 bridgehead atoms. The fourth-order valence-electron chi connectivity index (χ4n) is 3.22. The molecule has 1 aliphatic rings. The van der Waals surface area contributed by atoms with Crippen LogP contribution in [0.5, 0.6) is 0 Å². The first-order valence-corrected chi connectivity index (χ1v) is 8.14. The highest BCUT2D eigenvalue weighted by Crippen LogP contribution is 2.25. The summed E-state index contributed by atoms with van der Waals surface area (Å²) in [4.78, 5) is 15.6. The van der Waals surface area contributed by atoms with Crippen LogP contribution in [0.4, 0.5) is 4.79 Å². The van der Waals surface area contributed by atoms with Crippen LogP contribution in [0.2, 0.25) is 5.02 Å². The molecule has 1 aromatic rings. The fraction of sp³-hybridized carbons (Fsp3) is 0.588. The predicted molar refractivity (Wildman–Crippen MR) is 89.4 cm³/mol. The molecule has 0 radical (unpaired) electrons. The number of nitrogens with zero attached hydrogens (tertiary/aromatic N) is 2. The summed E-state index contributed by atoms with van der Waals surface area (Å²) in [6, 6.07) is 7.92. The quantitative estimate of drug-likeness (QED) is 0.911. The molecule has 0 aliphatic carbocycles. The zero-order valence-corrected chi connectivity index (χ0v) is 14.3. The normalized spacial score (nSPS) is 19.9. The number of carboxylic acid groups (broad SMARTS) is 1. The van der Waals surface area contributed by atoms with Crippen molar-refractivity contribution < 1.29 is 9.90 Å². The van der Waals surface area contributed by atoms with Crippen molar-refractivity contribution in [1.82, 2.24) is 9.80 Å². The monoisotopic (exact) mass is 324 g/mol. The Morgan fingerprint density at radius 2 is 2.00 bits per heavy atom. The standard InChI is InChI=1S/C17H25ClN2O2/c1-17(2,3)20(16(21)22)15-5-4-10-19(12-15)11-13-6-8-14(18)9-7-13/h6-9,15H,4-5,10-12H2,1-3H3,(H,21,22)/t15-/m0/s1. The third-order valence-electron chi connectivity index (χ3n) is 4.09. The number of halogens is 1. The highest BCUT2D eigenvalue weighted by molar-refractivity contribution is 6.30. The molecule has 22 heavy (non-hydrogen) atoms. The molecular formula is C17H25ClN2O2. The van der Waals surface area contributed by atoms with E-state index in [9.17, 15) is 9.90 Å². The van der Waals surface area contributed by atoms with Gasteiger partial charge in [0.2, 0.25) is 0 Å². The van der Waals surface area contributed by atoms with Gasteiger partial charge in [0.05, 0.1) is 0 Å². The van der Waals surface area contributed by atoms with Crippen LogP contribution in [0, 0.1) is 0 Å². The first kappa shape index (κ1) is 17.1. The van der Waals surface area contributed by atoms with Crippen molar-refractivity contribution in [2.75, 3.05) is 13.1 Å². The lowest BCUT2D eigenvalue weighted by Gasteiger charge is -2.44. The molecule has 1 saturated heterocycles. The Morgan fingerprint density at radius 1 is 1.36 bits per heavy atom. The summed E-state index contributed by atoms with van der Waals surface area (Å²) >= 11 is 5.92. The summed E-state index contributed by atoms with van der Waals surface area (Å²) in [5.74, 6) is 0. The van der Waals surface area contributed by atoms with Gasteiger partial charge in [-0.25, -0.2) is 4.79 Å². The smallest absolute Gasteiger partial charge is 0.408 e. The zero-order chi connectivity index (χ0) is 16.3. The van der Waals surface area contributed by atoms with E-state index in [0.29, 0.717) is 0 Å². The van der Waals surface area contributed by atoms with E-state index in [0.717, 1.165) is 37.5 Å². The Kier molecular flexibility index (Phi) is 5.35. The highest BCUT2D eigenvalue weighted by atomic mass is 35.5. The van der Waals surface area contributed by atoms with Crippen LogP contribution in [0.3, 0.4) is 0 Å². The predicted octanol–water partition coefficient (Wildman–Crippen LogP) is 4.08. The molecule has 0 unspecified atom stereocenters. The van der Waals surface area contributed by atoms with Crippen LogP contribution in [0.1, 0.15) is 39.2 Å². The summed E-state index contributed by atoms with van der Waals surface area (Å²) in [5, 5.41) is 10.3. The third kappa shape index (κ3) is 4.37. The van der Waals surface area contributed by atoms with Gasteiger partial charge in [0, 0.05) is 29.7 Å². The van der Waals surface area contributed by atoms with Crippen molar-refractivity contribution in [3.05, 3.63) is 34.9 Å². The molecule has 1 amide bonds. The van der Waals surface area contributed by atoms with Crippen LogP contribution < -0.4 is 0 Å². The number of carbonyl (C=O) groups is 1. The number of amides is 1. The summed E-state index contributed by atoms with van der Waals surface area (Å²) in [5.41, 5.74) is 0.836. The molecule has 1 aliphatic heterocycles. The Morgan fingerprint density at radius 3 is 2.55 bits per heavy atom. The highest BCUT2D eigenvalue weighted by Gasteiger charge is 2.35. The number of benzene rings is 1. The van der Waals surface area contributed by atoms with E-state index in [-0.39, 0.29) is 11.6 Å². The van der Waals surface area contributed by atoms with E-state index in [4.69, 9.17) is 11.6 Å². The minimum atomic E-state index is -0.828. The second kappa shape index (κ2) is 6.88. The second-order valence-corrected chi connectivity index (χ2v) is 7.42. The number of likely N-dealkylation sites (tertiary alicyclic amines) is 1. The van der Waals surface area contributed by atoms with Crippen LogP contribution >= 0.6 is 11.6 Å². The number of hydrogen-bond acceptors (Lipinski definition) is 2. The zero-order valence-electron chi connectivity index (χ0n) is 13.6. The Balaban J connectivity index is 2.04. The van der Waals surface area contributed by atoms with Gasteiger partial charge < -0.3 is 5.11 Å². The van der Waals surface area contributed by atoms with Gasteiger partial charge in [-0.15, -0.1) is 0 Å². The number of rotatable bonds is 3. The molecule has 0 spiro atoms. The fourth-order valence-corrected chi connectivity index (χ4v) is 3.35. The van der Waals surface area contributed by atoms with E-state index in [1.165, 1.54) is 5.56 Å². The minimum Gasteiger partial charge on any atom is -0.465 e. The van der Waals surface area contributed by atoms with Crippen molar-refractivity contribution in [2.45, 2.75) is 51.7 Å². The van der Waals surface area contributed by atoms with Crippen molar-refractivity contribution in [1.29, 1.82) is 0 Å². The summed E-state index contributed by atoms with van der Waals surface area (Å²) in [6.07, 6.45) is 1.13. The Labute approximate surface area is 137 Å². The number of hydrogen-bond donors (Lipinski definition) is 1. The molecule has 1 fully saturated rings. The van der Waals surface area contributed by atoms with Gasteiger partial charge in [0.15, 0.2) is 0 Å². The van der Waals surface area contributed by atoms with Crippen LogP contribution in [-0.4, -0.2) is 45.7 Å². The van der Waals surface area contributed by atoms with Crippen molar-refractivity contribution in [3.8, 4) is 0 Å². The molecular weight excluding hydrogens is 300 g/mol. The molecule has 1 atom stereocenters. The third-order valence-corrected chi connectivity index (χ3v) is 4.35. The van der Waals surface area contributed by atoms with E-state index in [2.05, 4.69) is 4.90 Å². The maximum atomic E-state index is 11.6. The van der Waals surface area contributed by atoms with E-state index < -0.39 is 6.09 Å². The summed E-state index contributed by atoms with van der Waals surface area (Å²) in [7, 11) is 0. The lowest BCUT2D eigenvalue weighted by Crippen LogP contribution is -2.56. The van der Waals surface area contributed by atoms with E-state index in [1.54, 1.807) is 4.90 Å². The molecule has 0 saturated carbocycles. The molecule has 1 N–H and O–H groups in total. The van der Waals surface area contributed by atoms with Crippen molar-refractivity contribution in [3.63, 3.8) is 0 Å². The molecule has 4 nitrogen and oxygen atoms in total. The largest absolute Gasteiger partial charge is 0.465 e. The van der Waals surface area contributed by atoms with Gasteiger partial charge in [-0.2, -0.15) is 0 Å². The van der Waals surface area contributed by atoms with Crippen molar-refractivity contribution >= 4 is 17.7 Å². The second-order valence-electron chi connectivity index (χ2n) is 6.98. The minimum absolute atomic E-state index is 0.0542. The first-order chi connectivity index (χ1) is 10.3. The van der Waals surface area contributed by atoms with Gasteiger partial charge in [-0.05, 0) is 57.9 Å². The van der Waals surface area contributed by atoms with Crippen LogP contribution in [0.25, 0.3) is 0 Å². The molecule has 2 rings (SSSR count). The topological polar surface area (TPSA) is 43.8 Å². The number of piperidine rings is 1. The van der Waals surface area contributed by atoms with Gasteiger partial charge >= 0.3 is 6.09 Å². The molecule has 1 aromatic carbocycles. The molecule has 1 heterocycles. The lowest BCUT2D eigenvalue weighted by atomic mass is 9.97. The molecule has 122 valence electrons. The average molecular weight is 325 g/mol. The summed E-state index contributed by atoms with van der Waals surface area (Å²) < 4.78 is 0. The maximum Gasteiger partial charge on any atom is 0.408 e. The van der Waals surface area contributed by atoms with Crippen LogP contribution in [0.15, 0.2) is 24.3 Å². The SMILES string of the molecule is CC(C)(C)N(C(=O)O)[C@H]1CCCN(Cc2ccc(Cl)cc2)C1. The Hall–Kier alpha value is -1.26. The summed E-state index contributed by atoms with van der Waals surface area (Å²) in [6.45, 7) is 8.51. The maximum absolute atomic E-state index is 11.6. The van der Waals surface area contributed by atoms with Crippen molar-refractivity contribution in [2.24, 2.45) is 0 Å².